The minimum atomic E-state index is -0.0539. The van der Waals surface area contributed by atoms with Crippen LogP contribution in [0.2, 0.25) is 0 Å². The summed E-state index contributed by atoms with van der Waals surface area (Å²) in [5.41, 5.74) is 0.984. The molecule has 0 bridgehead atoms. The molecule has 0 spiro atoms. The zero-order valence-electron chi connectivity index (χ0n) is 8.43. The molecule has 3 nitrogen and oxygen atoms in total. The first kappa shape index (κ1) is 11.2. The SMILES string of the molecule is O=C(Cc1ccc(I)cc1)c1ncccn1. The van der Waals surface area contributed by atoms with Crippen LogP contribution in [0.15, 0.2) is 42.7 Å². The summed E-state index contributed by atoms with van der Waals surface area (Å²) in [4.78, 5) is 19.6. The molecular weight excluding hydrogens is 315 g/mol. The lowest BCUT2D eigenvalue weighted by molar-refractivity contribution is 0.0983. The van der Waals surface area contributed by atoms with Gasteiger partial charge in [-0.15, -0.1) is 0 Å². The maximum Gasteiger partial charge on any atom is 0.204 e. The van der Waals surface area contributed by atoms with Crippen LogP contribution in [-0.2, 0) is 6.42 Å². The second-order valence-electron chi connectivity index (χ2n) is 3.30. The number of Topliss-reactive ketones (excluding diaryl/α,β-unsaturated/α-hetero) is 1. The minimum Gasteiger partial charge on any atom is -0.290 e. The maximum absolute atomic E-state index is 11.8. The van der Waals surface area contributed by atoms with Gasteiger partial charge in [0.25, 0.3) is 0 Å². The number of carbonyl (C=O) groups excluding carboxylic acids is 1. The quantitative estimate of drug-likeness (QED) is 0.644. The highest BCUT2D eigenvalue weighted by Crippen LogP contribution is 2.08. The molecule has 0 atom stereocenters. The van der Waals surface area contributed by atoms with E-state index in [1.54, 1.807) is 18.5 Å². The van der Waals surface area contributed by atoms with Gasteiger partial charge in [0.05, 0.1) is 0 Å². The Morgan fingerprint density at radius 2 is 1.75 bits per heavy atom. The van der Waals surface area contributed by atoms with Crippen molar-refractivity contribution in [3.05, 3.63) is 57.7 Å². The number of hydrogen-bond donors (Lipinski definition) is 0. The molecule has 0 unspecified atom stereocenters. The van der Waals surface area contributed by atoms with Crippen LogP contribution in [0.5, 0.6) is 0 Å². The van der Waals surface area contributed by atoms with Crippen molar-refractivity contribution in [2.45, 2.75) is 6.42 Å². The van der Waals surface area contributed by atoms with Crippen molar-refractivity contribution in [2.24, 2.45) is 0 Å². The van der Waals surface area contributed by atoms with Gasteiger partial charge < -0.3 is 0 Å². The highest BCUT2D eigenvalue weighted by atomic mass is 127. The van der Waals surface area contributed by atoms with Gasteiger partial charge in [0.2, 0.25) is 5.78 Å². The van der Waals surface area contributed by atoms with Gasteiger partial charge in [-0.05, 0) is 46.4 Å². The fraction of sp³-hybridized carbons (Fsp3) is 0.0833. The van der Waals surface area contributed by atoms with Crippen molar-refractivity contribution >= 4 is 28.4 Å². The number of nitrogens with zero attached hydrogens (tertiary/aromatic N) is 2. The van der Waals surface area contributed by atoms with Crippen molar-refractivity contribution in [2.75, 3.05) is 0 Å². The minimum absolute atomic E-state index is 0.0539. The number of hydrogen-bond acceptors (Lipinski definition) is 3. The second kappa shape index (κ2) is 5.16. The third-order valence-electron chi connectivity index (χ3n) is 2.09. The predicted molar refractivity (Wildman–Crippen MR) is 69.2 cm³/mol. The Labute approximate surface area is 107 Å². The standard InChI is InChI=1S/C12H9IN2O/c13-10-4-2-9(3-5-10)8-11(16)12-14-6-1-7-15-12/h1-7H,8H2. The molecule has 2 aromatic rings. The summed E-state index contributed by atoms with van der Waals surface area (Å²) >= 11 is 2.23. The van der Waals surface area contributed by atoms with Crippen LogP contribution in [0, 0.1) is 3.57 Å². The summed E-state index contributed by atoms with van der Waals surface area (Å²) in [6.07, 6.45) is 3.50. The van der Waals surface area contributed by atoms with E-state index in [0.717, 1.165) is 9.13 Å². The number of carbonyl (C=O) groups is 1. The third-order valence-corrected chi connectivity index (χ3v) is 2.81. The van der Waals surface area contributed by atoms with Gasteiger partial charge in [0.1, 0.15) is 0 Å². The number of aromatic nitrogens is 2. The average Bonchev–Trinajstić information content (AvgIpc) is 2.33. The topological polar surface area (TPSA) is 42.9 Å². The van der Waals surface area contributed by atoms with Crippen LogP contribution in [0.1, 0.15) is 16.2 Å². The summed E-state index contributed by atoms with van der Waals surface area (Å²) < 4.78 is 1.16. The molecule has 1 aromatic carbocycles. The second-order valence-corrected chi connectivity index (χ2v) is 4.54. The molecule has 0 aliphatic heterocycles. The van der Waals surface area contributed by atoms with Gasteiger partial charge in [-0.25, -0.2) is 9.97 Å². The number of benzene rings is 1. The predicted octanol–water partition coefficient (Wildman–Crippen LogP) is 2.51. The summed E-state index contributed by atoms with van der Waals surface area (Å²) in [5.74, 6) is 0.225. The Bertz CT molecular complexity index is 482. The highest BCUT2D eigenvalue weighted by molar-refractivity contribution is 14.1. The lowest BCUT2D eigenvalue weighted by Crippen LogP contribution is -2.07. The van der Waals surface area contributed by atoms with E-state index >= 15 is 0 Å². The van der Waals surface area contributed by atoms with Gasteiger partial charge in [0, 0.05) is 22.4 Å². The molecule has 1 heterocycles. The van der Waals surface area contributed by atoms with Crippen molar-refractivity contribution in [3.8, 4) is 0 Å². The van der Waals surface area contributed by atoms with Gasteiger partial charge >= 0.3 is 0 Å². The summed E-state index contributed by atoms with van der Waals surface area (Å²) in [5, 5.41) is 0. The molecule has 0 saturated carbocycles. The van der Waals surface area contributed by atoms with Crippen molar-refractivity contribution < 1.29 is 4.79 Å². The van der Waals surface area contributed by atoms with E-state index in [4.69, 9.17) is 0 Å². The van der Waals surface area contributed by atoms with Gasteiger partial charge in [-0.2, -0.15) is 0 Å². The van der Waals surface area contributed by atoms with Gasteiger partial charge in [0.15, 0.2) is 5.82 Å². The molecule has 1 aromatic heterocycles. The van der Waals surface area contributed by atoms with E-state index in [1.807, 2.05) is 24.3 Å². The van der Waals surface area contributed by atoms with Crippen LogP contribution in [0.4, 0.5) is 0 Å². The Morgan fingerprint density at radius 3 is 2.38 bits per heavy atom. The Balaban J connectivity index is 2.11. The van der Waals surface area contributed by atoms with Crippen molar-refractivity contribution in [1.82, 2.24) is 9.97 Å². The molecular formula is C12H9IN2O. The Kier molecular flexibility index (Phi) is 3.61. The van der Waals surface area contributed by atoms with E-state index in [1.165, 1.54) is 0 Å². The van der Waals surface area contributed by atoms with Crippen molar-refractivity contribution in [3.63, 3.8) is 0 Å². The molecule has 0 aliphatic carbocycles. The summed E-state index contributed by atoms with van der Waals surface area (Å²) in [6, 6.07) is 9.55. The highest BCUT2D eigenvalue weighted by Gasteiger charge is 2.08. The molecule has 0 amide bonds. The molecule has 2 rings (SSSR count). The molecule has 80 valence electrons. The first-order valence-corrected chi connectivity index (χ1v) is 5.88. The van der Waals surface area contributed by atoms with Crippen LogP contribution in [-0.4, -0.2) is 15.8 Å². The van der Waals surface area contributed by atoms with Crippen molar-refractivity contribution in [1.29, 1.82) is 0 Å². The molecule has 0 fully saturated rings. The molecule has 16 heavy (non-hydrogen) atoms. The summed E-state index contributed by atoms with van der Waals surface area (Å²) in [6.45, 7) is 0. The van der Waals surface area contributed by atoms with Crippen LogP contribution in [0.25, 0.3) is 0 Å². The molecule has 0 saturated heterocycles. The molecule has 0 aliphatic rings. The van der Waals surface area contributed by atoms with E-state index in [2.05, 4.69) is 32.6 Å². The Hall–Kier alpha value is -1.30. The largest absolute Gasteiger partial charge is 0.290 e. The zero-order chi connectivity index (χ0) is 11.4. The molecule has 4 heteroatoms. The van der Waals surface area contributed by atoms with Crippen LogP contribution in [0.3, 0.4) is 0 Å². The van der Waals surface area contributed by atoms with E-state index in [0.29, 0.717) is 6.42 Å². The Morgan fingerprint density at radius 1 is 1.12 bits per heavy atom. The normalized spacial score (nSPS) is 10.1. The van der Waals surface area contributed by atoms with Crippen LogP contribution >= 0.6 is 22.6 Å². The summed E-state index contributed by atoms with van der Waals surface area (Å²) in [7, 11) is 0. The molecule has 0 radical (unpaired) electrons. The van der Waals surface area contributed by atoms with Gasteiger partial charge in [-0.3, -0.25) is 4.79 Å². The smallest absolute Gasteiger partial charge is 0.204 e. The molecule has 0 N–H and O–H groups in total. The third kappa shape index (κ3) is 2.85. The zero-order valence-corrected chi connectivity index (χ0v) is 10.6. The average molecular weight is 324 g/mol. The first-order chi connectivity index (χ1) is 7.75. The number of rotatable bonds is 3. The number of ketones is 1. The van der Waals surface area contributed by atoms with E-state index < -0.39 is 0 Å². The monoisotopic (exact) mass is 324 g/mol. The van der Waals surface area contributed by atoms with E-state index in [9.17, 15) is 4.79 Å². The van der Waals surface area contributed by atoms with Gasteiger partial charge in [-0.1, -0.05) is 12.1 Å². The lowest BCUT2D eigenvalue weighted by atomic mass is 10.1. The fourth-order valence-electron chi connectivity index (χ4n) is 1.31. The van der Waals surface area contributed by atoms with Crippen LogP contribution < -0.4 is 0 Å². The fourth-order valence-corrected chi connectivity index (χ4v) is 1.67. The first-order valence-electron chi connectivity index (χ1n) is 4.80. The lowest BCUT2D eigenvalue weighted by Gasteiger charge is -2.00. The van der Waals surface area contributed by atoms with E-state index in [-0.39, 0.29) is 11.6 Å². The number of halogens is 1. The maximum atomic E-state index is 11.8.